The number of benzene rings is 1. The summed E-state index contributed by atoms with van der Waals surface area (Å²) in [5.74, 6) is -0.0627. The van der Waals surface area contributed by atoms with Crippen molar-refractivity contribution < 1.29 is 4.79 Å². The van der Waals surface area contributed by atoms with Crippen LogP contribution in [0, 0.1) is 0 Å². The molecule has 0 saturated carbocycles. The van der Waals surface area contributed by atoms with Gasteiger partial charge in [0.25, 0.3) is 5.56 Å². The van der Waals surface area contributed by atoms with E-state index in [-0.39, 0.29) is 17.2 Å². The number of nitrogens with one attached hydrogen (secondary N) is 1. The van der Waals surface area contributed by atoms with Crippen molar-refractivity contribution in [3.63, 3.8) is 0 Å². The van der Waals surface area contributed by atoms with Crippen LogP contribution in [0.4, 0.5) is 5.13 Å². The van der Waals surface area contributed by atoms with Crippen LogP contribution in [0.5, 0.6) is 0 Å². The molecule has 1 amide bonds. The van der Waals surface area contributed by atoms with Crippen molar-refractivity contribution >= 4 is 67.3 Å². The normalized spacial score (nSPS) is 13.1. The van der Waals surface area contributed by atoms with Gasteiger partial charge in [-0.15, -0.1) is 29.3 Å². The molecule has 1 N–H and O–H groups in total. The average Bonchev–Trinajstić information content (AvgIpc) is 3.43. The summed E-state index contributed by atoms with van der Waals surface area (Å²) in [5, 5.41) is 5.39. The number of thioether (sulfide) groups is 1. The average molecular weight is 543 g/mol. The summed E-state index contributed by atoms with van der Waals surface area (Å²) in [5.41, 5.74) is 2.22. The molecule has 1 aromatic carbocycles. The number of aromatic nitrogens is 3. The first kappa shape index (κ1) is 24.2. The third-order valence-electron chi connectivity index (χ3n) is 5.75. The summed E-state index contributed by atoms with van der Waals surface area (Å²) >= 11 is 10.4. The van der Waals surface area contributed by atoms with E-state index >= 15 is 0 Å². The fraction of sp³-hybridized carbons (Fsp3) is 0.280. The summed E-state index contributed by atoms with van der Waals surface area (Å²) in [4.78, 5) is 38.2. The number of carbonyl (C=O) groups is 1. The number of fused-ring (bicyclic) bond motifs is 3. The smallest absolute Gasteiger partial charge is 0.263 e. The molecule has 6 nitrogen and oxygen atoms in total. The lowest BCUT2D eigenvalue weighted by atomic mass is 9.97. The Morgan fingerprint density at radius 3 is 2.97 bits per heavy atom. The quantitative estimate of drug-likeness (QED) is 0.169. The molecule has 35 heavy (non-hydrogen) atoms. The molecule has 1 aliphatic rings. The van der Waals surface area contributed by atoms with Crippen molar-refractivity contribution in [2.45, 2.75) is 43.8 Å². The van der Waals surface area contributed by atoms with Gasteiger partial charge in [-0.25, -0.2) is 9.97 Å². The number of thiazole rings is 1. The fourth-order valence-electron chi connectivity index (χ4n) is 4.20. The molecular weight excluding hydrogens is 520 g/mol. The highest BCUT2D eigenvalue weighted by molar-refractivity contribution is 7.99. The highest BCUT2D eigenvalue weighted by Crippen LogP contribution is 2.34. The number of nitrogens with zero attached hydrogens (tertiary/aromatic N) is 3. The Kier molecular flexibility index (Phi) is 7.38. The van der Waals surface area contributed by atoms with Crippen LogP contribution in [0.1, 0.15) is 33.7 Å². The van der Waals surface area contributed by atoms with Gasteiger partial charge in [0.05, 0.1) is 11.1 Å². The molecule has 0 spiro atoms. The number of hydrogen-bond donors (Lipinski definition) is 1. The predicted octanol–water partition coefficient (Wildman–Crippen LogP) is 5.95. The van der Waals surface area contributed by atoms with E-state index in [1.165, 1.54) is 33.5 Å². The molecule has 4 aromatic rings. The van der Waals surface area contributed by atoms with Crippen molar-refractivity contribution in [3.8, 4) is 0 Å². The molecule has 0 unspecified atom stereocenters. The second-order valence-electron chi connectivity index (χ2n) is 8.27. The molecule has 3 heterocycles. The monoisotopic (exact) mass is 542 g/mol. The van der Waals surface area contributed by atoms with Crippen molar-refractivity contribution in [1.29, 1.82) is 0 Å². The number of amides is 1. The van der Waals surface area contributed by atoms with E-state index in [0.717, 1.165) is 46.3 Å². The Balaban J connectivity index is 1.29. The van der Waals surface area contributed by atoms with Crippen molar-refractivity contribution in [2.75, 3.05) is 11.1 Å². The Morgan fingerprint density at radius 1 is 1.29 bits per heavy atom. The zero-order chi connectivity index (χ0) is 24.4. The van der Waals surface area contributed by atoms with Gasteiger partial charge >= 0.3 is 0 Å². The van der Waals surface area contributed by atoms with E-state index in [9.17, 15) is 9.59 Å². The number of thiophene rings is 1. The van der Waals surface area contributed by atoms with Gasteiger partial charge in [-0.2, -0.15) is 0 Å². The summed E-state index contributed by atoms with van der Waals surface area (Å²) in [7, 11) is 0. The van der Waals surface area contributed by atoms with Crippen LogP contribution in [-0.2, 0) is 30.6 Å². The van der Waals surface area contributed by atoms with Gasteiger partial charge in [0.2, 0.25) is 5.91 Å². The van der Waals surface area contributed by atoms with Gasteiger partial charge in [-0.05, 0) is 48.9 Å². The van der Waals surface area contributed by atoms with Crippen LogP contribution < -0.4 is 10.9 Å². The Morgan fingerprint density at radius 2 is 2.14 bits per heavy atom. The largest absolute Gasteiger partial charge is 0.301 e. The molecule has 5 rings (SSSR count). The SMILES string of the molecule is C=CCn1c(SCC(=O)Nc2ncc(Cc3cccc(Cl)c3)s2)nc2sc3c(c2c1=O)CCCC3. The van der Waals surface area contributed by atoms with Crippen LogP contribution in [0.15, 0.2) is 53.1 Å². The lowest BCUT2D eigenvalue weighted by Crippen LogP contribution is -2.24. The van der Waals surface area contributed by atoms with Gasteiger partial charge in [-0.3, -0.25) is 14.2 Å². The summed E-state index contributed by atoms with van der Waals surface area (Å²) < 4.78 is 1.63. The standard InChI is InChI=1S/C25H23ClN4O2S3/c1-2-10-30-23(32)21-18-8-3-4-9-19(18)35-22(21)29-25(30)33-14-20(31)28-24-27-13-17(34-24)12-15-6-5-7-16(26)11-15/h2,5-7,11,13H,1,3-4,8-10,12,14H2,(H,27,28,31). The maximum Gasteiger partial charge on any atom is 0.263 e. The number of rotatable bonds is 8. The number of aryl methyl sites for hydroxylation is 2. The minimum absolute atomic E-state index is 0.0391. The molecule has 0 atom stereocenters. The second kappa shape index (κ2) is 10.7. The van der Waals surface area contributed by atoms with Gasteiger partial charge in [-0.1, -0.05) is 41.6 Å². The van der Waals surface area contributed by atoms with Crippen molar-refractivity contribution in [2.24, 2.45) is 0 Å². The van der Waals surface area contributed by atoms with Crippen LogP contribution in [0.3, 0.4) is 0 Å². The Labute approximate surface area is 220 Å². The molecule has 3 aromatic heterocycles. The summed E-state index contributed by atoms with van der Waals surface area (Å²) in [6.45, 7) is 4.15. The molecular formula is C25H23ClN4O2S3. The van der Waals surface area contributed by atoms with Crippen molar-refractivity contribution in [1.82, 2.24) is 14.5 Å². The Bertz CT molecular complexity index is 1470. The molecule has 0 bridgehead atoms. The summed E-state index contributed by atoms with van der Waals surface area (Å²) in [6, 6.07) is 7.69. The van der Waals surface area contributed by atoms with E-state index in [0.29, 0.717) is 28.3 Å². The molecule has 180 valence electrons. The predicted molar refractivity (Wildman–Crippen MR) is 146 cm³/mol. The first-order chi connectivity index (χ1) is 17.0. The zero-order valence-corrected chi connectivity index (χ0v) is 22.1. The summed E-state index contributed by atoms with van der Waals surface area (Å²) in [6.07, 6.45) is 8.36. The van der Waals surface area contributed by atoms with E-state index in [1.807, 2.05) is 24.3 Å². The molecule has 10 heteroatoms. The van der Waals surface area contributed by atoms with Crippen LogP contribution >= 0.6 is 46.0 Å². The van der Waals surface area contributed by atoms with Gasteiger partial charge in [0, 0.05) is 33.9 Å². The third kappa shape index (κ3) is 5.38. The van der Waals surface area contributed by atoms with E-state index < -0.39 is 0 Å². The fourth-order valence-corrected chi connectivity index (χ4v) is 7.39. The minimum atomic E-state index is -0.191. The molecule has 0 aliphatic heterocycles. The third-order valence-corrected chi connectivity index (χ3v) is 9.06. The first-order valence-corrected chi connectivity index (χ1v) is 14.3. The maximum atomic E-state index is 13.3. The molecule has 0 radical (unpaired) electrons. The number of hydrogen-bond acceptors (Lipinski definition) is 7. The minimum Gasteiger partial charge on any atom is -0.301 e. The first-order valence-electron chi connectivity index (χ1n) is 11.3. The van der Waals surface area contributed by atoms with Crippen LogP contribution in [0.2, 0.25) is 5.02 Å². The van der Waals surface area contributed by atoms with Crippen LogP contribution in [-0.4, -0.2) is 26.2 Å². The molecule has 0 fully saturated rings. The van der Waals surface area contributed by atoms with Gasteiger partial charge in [0.15, 0.2) is 10.3 Å². The van der Waals surface area contributed by atoms with Gasteiger partial charge < -0.3 is 5.32 Å². The second-order valence-corrected chi connectivity index (χ2v) is 11.8. The topological polar surface area (TPSA) is 76.9 Å². The highest BCUT2D eigenvalue weighted by Gasteiger charge is 2.22. The number of allylic oxidation sites excluding steroid dienone is 1. The lowest BCUT2D eigenvalue weighted by Gasteiger charge is -2.12. The number of carbonyl (C=O) groups excluding carboxylic acids is 1. The zero-order valence-electron chi connectivity index (χ0n) is 18.9. The van der Waals surface area contributed by atoms with E-state index in [4.69, 9.17) is 16.6 Å². The van der Waals surface area contributed by atoms with E-state index in [1.54, 1.807) is 28.2 Å². The highest BCUT2D eigenvalue weighted by atomic mass is 35.5. The molecule has 0 saturated heterocycles. The number of anilines is 1. The van der Waals surface area contributed by atoms with E-state index in [2.05, 4.69) is 16.9 Å². The van der Waals surface area contributed by atoms with Gasteiger partial charge in [0.1, 0.15) is 4.83 Å². The Hall–Kier alpha value is -2.46. The maximum absolute atomic E-state index is 13.3. The van der Waals surface area contributed by atoms with Crippen LogP contribution in [0.25, 0.3) is 10.2 Å². The lowest BCUT2D eigenvalue weighted by molar-refractivity contribution is -0.113. The molecule has 1 aliphatic carbocycles. The van der Waals surface area contributed by atoms with Crippen molar-refractivity contribution in [3.05, 3.63) is 79.4 Å². The number of halogens is 1.